The molecule has 4 rings (SSSR count). The molecule has 8 nitrogen and oxygen atoms in total. The summed E-state index contributed by atoms with van der Waals surface area (Å²) in [7, 11) is 4.24. The van der Waals surface area contributed by atoms with Gasteiger partial charge in [0.1, 0.15) is 6.54 Å². The Morgan fingerprint density at radius 3 is 2.30 bits per heavy atom. The van der Waals surface area contributed by atoms with E-state index >= 15 is 0 Å². The van der Waals surface area contributed by atoms with E-state index in [1.165, 1.54) is 5.56 Å². The first-order chi connectivity index (χ1) is 15.7. The van der Waals surface area contributed by atoms with Gasteiger partial charge in [-0.05, 0) is 64.6 Å². The fourth-order valence-corrected chi connectivity index (χ4v) is 6.00. The Hall–Kier alpha value is -2.16. The minimum Gasteiger partial charge on any atom is -0.395 e. The maximum Gasteiger partial charge on any atom is 0.321 e. The van der Waals surface area contributed by atoms with Crippen LogP contribution in [0, 0.1) is 0 Å². The van der Waals surface area contributed by atoms with E-state index in [1.54, 1.807) is 4.90 Å². The number of urea groups is 1. The standard InChI is InChI=1S/C25H38N4O4/c1-27(2)25(20-7-4-3-5-8-20)13-11-23(12-14-25)18-28(17-21(31)26-15-16-30)22(32)29(23)19-24(33)9-6-10-24/h3-5,7-8,30,33H,6,9-19H2,1-2H3,(H,26,31)/t23-,25+. The normalized spacial score (nSPS) is 28.9. The van der Waals surface area contributed by atoms with Crippen molar-refractivity contribution in [2.24, 2.45) is 0 Å². The molecule has 3 fully saturated rings. The molecule has 0 radical (unpaired) electrons. The lowest BCUT2D eigenvalue weighted by Crippen LogP contribution is -2.59. The second kappa shape index (κ2) is 9.24. The van der Waals surface area contributed by atoms with Crippen molar-refractivity contribution in [3.63, 3.8) is 0 Å². The number of carbonyl (C=O) groups excluding carboxylic acids is 2. The predicted octanol–water partition coefficient (Wildman–Crippen LogP) is 1.52. The monoisotopic (exact) mass is 458 g/mol. The van der Waals surface area contributed by atoms with Crippen LogP contribution in [0.5, 0.6) is 0 Å². The fraction of sp³-hybridized carbons (Fsp3) is 0.680. The Labute approximate surface area is 196 Å². The molecule has 1 spiro atoms. The van der Waals surface area contributed by atoms with Crippen LogP contribution < -0.4 is 5.32 Å². The minimum absolute atomic E-state index is 0.0208. The summed E-state index contributed by atoms with van der Waals surface area (Å²) in [6.07, 6.45) is 5.85. The molecule has 182 valence electrons. The molecule has 2 aliphatic carbocycles. The van der Waals surface area contributed by atoms with Crippen LogP contribution >= 0.6 is 0 Å². The Morgan fingerprint density at radius 2 is 1.76 bits per heavy atom. The first kappa shape index (κ1) is 24.0. The summed E-state index contributed by atoms with van der Waals surface area (Å²) >= 11 is 0. The molecule has 1 heterocycles. The number of hydrogen-bond donors (Lipinski definition) is 3. The number of carbonyl (C=O) groups is 2. The molecule has 1 saturated heterocycles. The molecule has 3 amide bonds. The molecule has 3 aliphatic rings. The van der Waals surface area contributed by atoms with E-state index in [9.17, 15) is 14.7 Å². The molecule has 2 saturated carbocycles. The van der Waals surface area contributed by atoms with E-state index in [-0.39, 0.29) is 42.7 Å². The van der Waals surface area contributed by atoms with Gasteiger partial charge in [-0.3, -0.25) is 9.69 Å². The summed E-state index contributed by atoms with van der Waals surface area (Å²) in [5, 5.41) is 22.6. The second-order valence-corrected chi connectivity index (χ2v) is 10.4. The van der Waals surface area contributed by atoms with Gasteiger partial charge in [-0.15, -0.1) is 0 Å². The minimum atomic E-state index is -0.812. The van der Waals surface area contributed by atoms with Crippen molar-refractivity contribution in [2.75, 3.05) is 46.9 Å². The van der Waals surface area contributed by atoms with Crippen molar-refractivity contribution < 1.29 is 19.8 Å². The van der Waals surface area contributed by atoms with Gasteiger partial charge in [0.2, 0.25) is 5.91 Å². The molecule has 1 aromatic rings. The molecule has 1 aromatic carbocycles. The van der Waals surface area contributed by atoms with Crippen LogP contribution in [-0.4, -0.2) is 94.9 Å². The number of β-amino-alcohol motifs (C(OH)–C–C–N with tert-alkyl or cyclic N) is 1. The highest BCUT2D eigenvalue weighted by atomic mass is 16.3. The Balaban J connectivity index is 1.57. The van der Waals surface area contributed by atoms with Gasteiger partial charge in [0.05, 0.1) is 24.3 Å². The molecule has 0 bridgehead atoms. The zero-order chi connectivity index (χ0) is 23.7. The summed E-state index contributed by atoms with van der Waals surface area (Å²) < 4.78 is 0. The van der Waals surface area contributed by atoms with Crippen molar-refractivity contribution >= 4 is 11.9 Å². The average Bonchev–Trinajstić information content (AvgIpc) is 3.03. The second-order valence-electron chi connectivity index (χ2n) is 10.4. The van der Waals surface area contributed by atoms with E-state index in [2.05, 4.69) is 48.6 Å². The van der Waals surface area contributed by atoms with Gasteiger partial charge < -0.3 is 25.3 Å². The number of aliphatic hydroxyl groups is 2. The number of rotatable bonds is 8. The van der Waals surface area contributed by atoms with Crippen LogP contribution in [0.25, 0.3) is 0 Å². The van der Waals surface area contributed by atoms with E-state index < -0.39 is 5.60 Å². The van der Waals surface area contributed by atoms with Gasteiger partial charge in [-0.25, -0.2) is 4.79 Å². The maximum absolute atomic E-state index is 13.5. The van der Waals surface area contributed by atoms with Crippen LogP contribution in [-0.2, 0) is 10.3 Å². The van der Waals surface area contributed by atoms with Crippen LogP contribution in [0.3, 0.4) is 0 Å². The van der Waals surface area contributed by atoms with Crippen LogP contribution in [0.15, 0.2) is 30.3 Å². The van der Waals surface area contributed by atoms with Crippen LogP contribution in [0.4, 0.5) is 4.79 Å². The van der Waals surface area contributed by atoms with E-state index in [0.717, 1.165) is 44.9 Å². The molecule has 0 aromatic heterocycles. The lowest BCUT2D eigenvalue weighted by Gasteiger charge is -2.52. The molecule has 0 unspecified atom stereocenters. The highest BCUT2D eigenvalue weighted by molar-refractivity contribution is 5.86. The summed E-state index contributed by atoms with van der Waals surface area (Å²) in [5.74, 6) is -0.264. The van der Waals surface area contributed by atoms with Crippen molar-refractivity contribution in [3.8, 4) is 0 Å². The smallest absolute Gasteiger partial charge is 0.321 e. The Kier molecular flexibility index (Phi) is 6.71. The number of amides is 3. The van der Waals surface area contributed by atoms with E-state index in [0.29, 0.717) is 13.1 Å². The first-order valence-electron chi connectivity index (χ1n) is 12.1. The summed E-state index contributed by atoms with van der Waals surface area (Å²) in [4.78, 5) is 31.6. The largest absolute Gasteiger partial charge is 0.395 e. The lowest BCUT2D eigenvalue weighted by molar-refractivity contribution is -0.121. The Bertz CT molecular complexity index is 847. The number of nitrogens with one attached hydrogen (secondary N) is 1. The zero-order valence-corrected chi connectivity index (χ0v) is 19.9. The van der Waals surface area contributed by atoms with Crippen LogP contribution in [0.2, 0.25) is 0 Å². The van der Waals surface area contributed by atoms with Crippen molar-refractivity contribution in [1.82, 2.24) is 20.0 Å². The van der Waals surface area contributed by atoms with E-state index in [1.807, 2.05) is 11.0 Å². The molecular formula is C25H38N4O4. The van der Waals surface area contributed by atoms with Crippen molar-refractivity contribution in [2.45, 2.75) is 61.6 Å². The van der Waals surface area contributed by atoms with Crippen LogP contribution in [0.1, 0.15) is 50.5 Å². The zero-order valence-electron chi connectivity index (χ0n) is 19.9. The highest BCUT2D eigenvalue weighted by Crippen LogP contribution is 2.49. The molecular weight excluding hydrogens is 420 g/mol. The number of hydrogen-bond acceptors (Lipinski definition) is 5. The molecule has 33 heavy (non-hydrogen) atoms. The molecule has 8 heteroatoms. The quantitative estimate of drug-likeness (QED) is 0.549. The fourth-order valence-electron chi connectivity index (χ4n) is 6.00. The van der Waals surface area contributed by atoms with Gasteiger partial charge in [-0.2, -0.15) is 0 Å². The first-order valence-corrected chi connectivity index (χ1v) is 12.1. The number of nitrogens with zero attached hydrogens (tertiary/aromatic N) is 3. The highest BCUT2D eigenvalue weighted by Gasteiger charge is 2.56. The average molecular weight is 459 g/mol. The maximum atomic E-state index is 13.5. The third kappa shape index (κ3) is 4.48. The van der Waals surface area contributed by atoms with E-state index in [4.69, 9.17) is 5.11 Å². The third-order valence-electron chi connectivity index (χ3n) is 8.24. The van der Waals surface area contributed by atoms with Gasteiger partial charge in [0.15, 0.2) is 0 Å². The lowest BCUT2D eigenvalue weighted by atomic mass is 9.67. The van der Waals surface area contributed by atoms with Gasteiger partial charge in [-0.1, -0.05) is 30.3 Å². The molecule has 3 N–H and O–H groups in total. The van der Waals surface area contributed by atoms with Crippen molar-refractivity contribution in [1.29, 1.82) is 0 Å². The molecule has 1 aliphatic heterocycles. The van der Waals surface area contributed by atoms with Gasteiger partial charge >= 0.3 is 6.03 Å². The topological polar surface area (TPSA) is 96.3 Å². The number of aliphatic hydroxyl groups excluding tert-OH is 1. The summed E-state index contributed by atoms with van der Waals surface area (Å²) in [5.41, 5.74) is 0.000476. The summed E-state index contributed by atoms with van der Waals surface area (Å²) in [6.45, 7) is 0.855. The van der Waals surface area contributed by atoms with Crippen molar-refractivity contribution in [3.05, 3.63) is 35.9 Å². The van der Waals surface area contributed by atoms with Gasteiger partial charge in [0, 0.05) is 18.6 Å². The summed E-state index contributed by atoms with van der Waals surface area (Å²) in [6, 6.07) is 10.4. The SMILES string of the molecule is CN(C)[C@]1(c2ccccc2)CC[C@]2(CC1)CN(CC(=O)NCCO)C(=O)N2CC1(O)CCC1. The Morgan fingerprint density at radius 1 is 1.09 bits per heavy atom. The number of benzene rings is 1. The third-order valence-corrected chi connectivity index (χ3v) is 8.24. The molecule has 0 atom stereocenters. The predicted molar refractivity (Wildman–Crippen MR) is 126 cm³/mol. The van der Waals surface area contributed by atoms with Gasteiger partial charge in [0.25, 0.3) is 0 Å².